The van der Waals surface area contributed by atoms with Gasteiger partial charge in [0.15, 0.2) is 0 Å². The van der Waals surface area contributed by atoms with Crippen molar-refractivity contribution >= 4 is 9.84 Å². The van der Waals surface area contributed by atoms with Gasteiger partial charge >= 0.3 is 0 Å². The molecule has 1 saturated heterocycles. The van der Waals surface area contributed by atoms with Crippen molar-refractivity contribution in [2.75, 3.05) is 11.5 Å². The summed E-state index contributed by atoms with van der Waals surface area (Å²) in [6.07, 6.45) is 3.83. The summed E-state index contributed by atoms with van der Waals surface area (Å²) in [4.78, 5) is 0. The van der Waals surface area contributed by atoms with Crippen molar-refractivity contribution in [3.63, 3.8) is 0 Å². The van der Waals surface area contributed by atoms with Gasteiger partial charge in [0, 0.05) is 12.1 Å². The zero-order valence-corrected chi connectivity index (χ0v) is 9.94. The number of hydrogen-bond acceptors (Lipinski definition) is 3. The molecule has 84 valence electrons. The molecule has 4 heteroatoms. The Hall–Kier alpha value is -0.0900. The Bertz CT molecular complexity index is 243. The van der Waals surface area contributed by atoms with Crippen LogP contribution in [0.2, 0.25) is 0 Å². The molecule has 1 heterocycles. The molecule has 1 N–H and O–H groups in total. The molecule has 14 heavy (non-hydrogen) atoms. The second-order valence-corrected chi connectivity index (χ2v) is 6.41. The Kier molecular flexibility index (Phi) is 4.38. The van der Waals surface area contributed by atoms with E-state index in [9.17, 15) is 8.42 Å². The molecule has 1 rings (SSSR count). The SMILES string of the molecule is CCC(CC)NC1CCS(=O)(=O)CC1. The summed E-state index contributed by atoms with van der Waals surface area (Å²) in [6.45, 7) is 4.33. The van der Waals surface area contributed by atoms with Crippen LogP contribution in [0.5, 0.6) is 0 Å². The van der Waals surface area contributed by atoms with Crippen molar-refractivity contribution in [1.29, 1.82) is 0 Å². The highest BCUT2D eigenvalue weighted by atomic mass is 32.2. The van der Waals surface area contributed by atoms with E-state index in [0.29, 0.717) is 23.6 Å². The Morgan fingerprint density at radius 1 is 1.21 bits per heavy atom. The first-order valence-electron chi connectivity index (χ1n) is 5.54. The summed E-state index contributed by atoms with van der Waals surface area (Å²) in [6, 6.07) is 0.976. The van der Waals surface area contributed by atoms with Crippen LogP contribution < -0.4 is 5.32 Å². The molecule has 0 atom stereocenters. The van der Waals surface area contributed by atoms with E-state index in [0.717, 1.165) is 25.7 Å². The number of rotatable bonds is 4. The average molecular weight is 219 g/mol. The topological polar surface area (TPSA) is 46.2 Å². The van der Waals surface area contributed by atoms with Gasteiger partial charge in [-0.2, -0.15) is 0 Å². The Morgan fingerprint density at radius 3 is 2.14 bits per heavy atom. The van der Waals surface area contributed by atoms with E-state index in [-0.39, 0.29) is 0 Å². The highest BCUT2D eigenvalue weighted by Gasteiger charge is 2.24. The Labute approximate surface area is 87.2 Å². The molecule has 0 aromatic heterocycles. The molecule has 0 bridgehead atoms. The Balaban J connectivity index is 2.35. The van der Waals surface area contributed by atoms with Gasteiger partial charge in [0.1, 0.15) is 9.84 Å². The highest BCUT2D eigenvalue weighted by Crippen LogP contribution is 2.13. The van der Waals surface area contributed by atoms with Crippen molar-refractivity contribution in [2.45, 2.75) is 51.6 Å². The van der Waals surface area contributed by atoms with E-state index in [1.54, 1.807) is 0 Å². The first-order valence-corrected chi connectivity index (χ1v) is 7.36. The van der Waals surface area contributed by atoms with Crippen LogP contribution in [0.25, 0.3) is 0 Å². The third kappa shape index (κ3) is 3.58. The first-order chi connectivity index (χ1) is 6.57. The summed E-state index contributed by atoms with van der Waals surface area (Å²) in [7, 11) is -2.70. The van der Waals surface area contributed by atoms with Crippen molar-refractivity contribution in [3.8, 4) is 0 Å². The van der Waals surface area contributed by atoms with Crippen molar-refractivity contribution in [2.24, 2.45) is 0 Å². The minimum Gasteiger partial charge on any atom is -0.311 e. The van der Waals surface area contributed by atoms with Gasteiger partial charge in [-0.05, 0) is 25.7 Å². The molecule has 0 amide bonds. The van der Waals surface area contributed by atoms with E-state index in [2.05, 4.69) is 19.2 Å². The number of sulfone groups is 1. The van der Waals surface area contributed by atoms with Crippen LogP contribution in [0.15, 0.2) is 0 Å². The van der Waals surface area contributed by atoms with E-state index in [1.807, 2.05) is 0 Å². The van der Waals surface area contributed by atoms with E-state index in [1.165, 1.54) is 0 Å². The van der Waals surface area contributed by atoms with Crippen LogP contribution in [0.4, 0.5) is 0 Å². The number of hydrogen-bond donors (Lipinski definition) is 1. The fraction of sp³-hybridized carbons (Fsp3) is 1.00. The fourth-order valence-electron chi connectivity index (χ4n) is 1.91. The van der Waals surface area contributed by atoms with Gasteiger partial charge in [-0.3, -0.25) is 0 Å². The maximum absolute atomic E-state index is 11.2. The highest BCUT2D eigenvalue weighted by molar-refractivity contribution is 7.91. The predicted octanol–water partition coefficient (Wildman–Crippen LogP) is 1.34. The standard InChI is InChI=1S/C10H21NO2S/c1-3-9(4-2)11-10-5-7-14(12,13)8-6-10/h9-11H,3-8H2,1-2H3. The quantitative estimate of drug-likeness (QED) is 0.776. The summed E-state index contributed by atoms with van der Waals surface area (Å²) in [5, 5.41) is 3.53. The summed E-state index contributed by atoms with van der Waals surface area (Å²) in [5.74, 6) is 0.732. The molecule has 0 aliphatic carbocycles. The molecule has 0 aromatic carbocycles. The third-order valence-corrected chi connectivity index (χ3v) is 4.73. The molecule has 0 radical (unpaired) electrons. The zero-order valence-electron chi connectivity index (χ0n) is 9.12. The van der Waals surface area contributed by atoms with Gasteiger partial charge in [0.05, 0.1) is 11.5 Å². The van der Waals surface area contributed by atoms with Crippen LogP contribution >= 0.6 is 0 Å². The molecule has 0 unspecified atom stereocenters. The lowest BCUT2D eigenvalue weighted by molar-refractivity contribution is 0.384. The van der Waals surface area contributed by atoms with E-state index >= 15 is 0 Å². The molecule has 1 fully saturated rings. The molecule has 0 spiro atoms. The van der Waals surface area contributed by atoms with Crippen molar-refractivity contribution < 1.29 is 8.42 Å². The molecule has 3 nitrogen and oxygen atoms in total. The van der Waals surface area contributed by atoms with Crippen LogP contribution in [-0.2, 0) is 9.84 Å². The largest absolute Gasteiger partial charge is 0.311 e. The van der Waals surface area contributed by atoms with Crippen LogP contribution in [-0.4, -0.2) is 32.0 Å². The van der Waals surface area contributed by atoms with Gasteiger partial charge in [0.2, 0.25) is 0 Å². The molecule has 0 saturated carbocycles. The second kappa shape index (κ2) is 5.12. The smallest absolute Gasteiger partial charge is 0.150 e. The minimum atomic E-state index is -2.70. The van der Waals surface area contributed by atoms with Crippen LogP contribution in [0.3, 0.4) is 0 Å². The molecular weight excluding hydrogens is 198 g/mol. The Morgan fingerprint density at radius 2 is 1.71 bits per heavy atom. The first kappa shape index (κ1) is 12.0. The van der Waals surface area contributed by atoms with Crippen molar-refractivity contribution in [3.05, 3.63) is 0 Å². The molecule has 0 aromatic rings. The zero-order chi connectivity index (χ0) is 10.6. The normalized spacial score (nSPS) is 22.8. The van der Waals surface area contributed by atoms with Gasteiger partial charge < -0.3 is 5.32 Å². The monoisotopic (exact) mass is 219 g/mol. The maximum Gasteiger partial charge on any atom is 0.150 e. The summed E-state index contributed by atoms with van der Waals surface area (Å²) in [5.41, 5.74) is 0. The number of nitrogens with one attached hydrogen (secondary N) is 1. The predicted molar refractivity (Wildman–Crippen MR) is 59.2 cm³/mol. The molecule has 1 aliphatic rings. The molecule has 1 aliphatic heterocycles. The van der Waals surface area contributed by atoms with E-state index in [4.69, 9.17) is 0 Å². The second-order valence-electron chi connectivity index (χ2n) is 4.11. The molecular formula is C10H21NO2S. The summed E-state index contributed by atoms with van der Waals surface area (Å²) < 4.78 is 22.4. The van der Waals surface area contributed by atoms with Crippen LogP contribution in [0.1, 0.15) is 39.5 Å². The van der Waals surface area contributed by atoms with Gasteiger partial charge in [-0.1, -0.05) is 13.8 Å². The lowest BCUT2D eigenvalue weighted by atomic mass is 10.1. The van der Waals surface area contributed by atoms with Gasteiger partial charge in [0.25, 0.3) is 0 Å². The maximum atomic E-state index is 11.2. The lowest BCUT2D eigenvalue weighted by Crippen LogP contribution is -2.42. The van der Waals surface area contributed by atoms with Crippen molar-refractivity contribution in [1.82, 2.24) is 5.32 Å². The van der Waals surface area contributed by atoms with Gasteiger partial charge in [-0.15, -0.1) is 0 Å². The summed E-state index contributed by atoms with van der Waals surface area (Å²) >= 11 is 0. The average Bonchev–Trinajstić information content (AvgIpc) is 2.16. The fourth-order valence-corrected chi connectivity index (χ4v) is 3.41. The van der Waals surface area contributed by atoms with Crippen LogP contribution in [0, 0.1) is 0 Å². The van der Waals surface area contributed by atoms with E-state index < -0.39 is 9.84 Å². The third-order valence-electron chi connectivity index (χ3n) is 3.01. The van der Waals surface area contributed by atoms with Gasteiger partial charge in [-0.25, -0.2) is 8.42 Å². The lowest BCUT2D eigenvalue weighted by Gasteiger charge is -2.27. The minimum absolute atomic E-state index is 0.366.